The minimum absolute atomic E-state index is 0.131. The number of benzene rings is 2. The summed E-state index contributed by atoms with van der Waals surface area (Å²) >= 11 is 2.90. The van der Waals surface area contributed by atoms with Gasteiger partial charge in [-0.1, -0.05) is 60.3 Å². The minimum Gasteiger partial charge on any atom is -0.383 e. The number of nitrogens with two attached hydrogens (primary N) is 1. The van der Waals surface area contributed by atoms with Gasteiger partial charge in [-0.15, -0.1) is 11.3 Å². The van der Waals surface area contributed by atoms with Gasteiger partial charge in [-0.2, -0.15) is 0 Å². The Hall–Kier alpha value is -2.90. The summed E-state index contributed by atoms with van der Waals surface area (Å²) in [5.41, 5.74) is 8.97. The van der Waals surface area contributed by atoms with Gasteiger partial charge >= 0.3 is 0 Å². The van der Waals surface area contributed by atoms with Crippen molar-refractivity contribution in [2.45, 2.75) is 24.3 Å². The summed E-state index contributed by atoms with van der Waals surface area (Å²) in [6, 6.07) is 19.1. The second-order valence-corrected chi connectivity index (χ2v) is 8.89. The Morgan fingerprint density at radius 1 is 1.03 bits per heavy atom. The highest BCUT2D eigenvalue weighted by atomic mass is 32.2. The van der Waals surface area contributed by atoms with Gasteiger partial charge in [-0.05, 0) is 37.1 Å². The van der Waals surface area contributed by atoms with Gasteiger partial charge < -0.3 is 11.1 Å². The smallest absolute Gasteiger partial charge is 0.242 e. The number of anilines is 2. The zero-order chi connectivity index (χ0) is 20.4. The van der Waals surface area contributed by atoms with E-state index in [1.807, 2.05) is 74.5 Å². The highest BCUT2D eigenvalue weighted by Gasteiger charge is 2.24. The molecule has 0 radical (unpaired) electrons. The average molecular weight is 421 g/mol. The molecule has 1 atom stereocenters. The van der Waals surface area contributed by atoms with Crippen molar-refractivity contribution in [3.05, 3.63) is 76.7 Å². The number of hydrogen-bond donors (Lipinski definition) is 2. The molecule has 146 valence electrons. The first-order chi connectivity index (χ1) is 14.0. The lowest BCUT2D eigenvalue weighted by Gasteiger charge is -2.16. The largest absolute Gasteiger partial charge is 0.383 e. The second kappa shape index (κ2) is 8.23. The van der Waals surface area contributed by atoms with Crippen LogP contribution in [0.5, 0.6) is 0 Å². The summed E-state index contributed by atoms with van der Waals surface area (Å²) in [7, 11) is 0. The Morgan fingerprint density at radius 2 is 1.69 bits per heavy atom. The normalized spacial score (nSPS) is 12.1. The maximum Gasteiger partial charge on any atom is 0.242 e. The van der Waals surface area contributed by atoms with Crippen molar-refractivity contribution in [2.75, 3.05) is 11.1 Å². The van der Waals surface area contributed by atoms with Crippen molar-refractivity contribution < 1.29 is 4.79 Å². The van der Waals surface area contributed by atoms with Crippen molar-refractivity contribution in [2.24, 2.45) is 0 Å². The quantitative estimate of drug-likeness (QED) is 0.335. The lowest BCUT2D eigenvalue weighted by molar-refractivity contribution is -0.115. The first kappa shape index (κ1) is 19.4. The lowest BCUT2D eigenvalue weighted by atomic mass is 10.1. The predicted molar refractivity (Wildman–Crippen MR) is 121 cm³/mol. The third-order valence-corrected chi connectivity index (χ3v) is 6.86. The summed E-state index contributed by atoms with van der Waals surface area (Å²) in [6.07, 6.45) is 0. The third-order valence-electron chi connectivity index (χ3n) is 4.64. The Morgan fingerprint density at radius 3 is 2.38 bits per heavy atom. The van der Waals surface area contributed by atoms with Crippen LogP contribution in [0.25, 0.3) is 10.2 Å². The Bertz CT molecular complexity index is 1160. The molecule has 5 nitrogen and oxygen atoms in total. The van der Waals surface area contributed by atoms with E-state index in [0.717, 1.165) is 27.0 Å². The van der Waals surface area contributed by atoms with E-state index in [4.69, 9.17) is 5.73 Å². The van der Waals surface area contributed by atoms with E-state index in [9.17, 15) is 4.79 Å². The maximum atomic E-state index is 13.1. The van der Waals surface area contributed by atoms with Crippen LogP contribution >= 0.6 is 23.1 Å². The fourth-order valence-corrected chi connectivity index (χ4v) is 5.11. The molecule has 7 heteroatoms. The predicted octanol–water partition coefficient (Wildman–Crippen LogP) is 5.36. The molecule has 2 aromatic heterocycles. The number of nitrogens with zero attached hydrogens (tertiary/aromatic N) is 2. The number of amides is 1. The first-order valence-corrected chi connectivity index (χ1v) is 10.8. The van der Waals surface area contributed by atoms with Gasteiger partial charge in [0.25, 0.3) is 0 Å². The van der Waals surface area contributed by atoms with Gasteiger partial charge in [0.1, 0.15) is 15.9 Å². The van der Waals surface area contributed by atoms with Crippen LogP contribution < -0.4 is 11.1 Å². The molecule has 0 spiro atoms. The highest BCUT2D eigenvalue weighted by molar-refractivity contribution is 8.00. The molecule has 0 fully saturated rings. The molecular weight excluding hydrogens is 400 g/mol. The molecule has 3 N–H and O–H groups in total. The van der Waals surface area contributed by atoms with E-state index in [1.54, 1.807) is 11.3 Å². The number of aryl methyl sites for hydroxylation is 2. The van der Waals surface area contributed by atoms with E-state index in [0.29, 0.717) is 11.0 Å². The SMILES string of the molecule is Cc1sc2nc(S[C@H](C(=O)Nc3ccccc3)c3ccccc3)nc(N)c2c1C. The van der Waals surface area contributed by atoms with E-state index in [1.165, 1.54) is 16.6 Å². The van der Waals surface area contributed by atoms with Gasteiger partial charge in [0, 0.05) is 10.6 Å². The average Bonchev–Trinajstić information content (AvgIpc) is 3.01. The minimum atomic E-state index is -0.504. The molecule has 2 aromatic carbocycles. The number of rotatable bonds is 5. The van der Waals surface area contributed by atoms with Gasteiger partial charge in [0.15, 0.2) is 5.16 Å². The molecule has 0 saturated carbocycles. The Kier molecular flexibility index (Phi) is 5.51. The van der Waals surface area contributed by atoms with Crippen LogP contribution in [0.1, 0.15) is 21.3 Å². The number of hydrogen-bond acceptors (Lipinski definition) is 6. The van der Waals surface area contributed by atoms with Crippen molar-refractivity contribution in [3.63, 3.8) is 0 Å². The van der Waals surface area contributed by atoms with Crippen LogP contribution in [0, 0.1) is 13.8 Å². The number of nitrogen functional groups attached to an aromatic ring is 1. The number of carbonyl (C=O) groups is 1. The molecule has 0 aliphatic rings. The number of thioether (sulfide) groups is 1. The monoisotopic (exact) mass is 420 g/mol. The highest BCUT2D eigenvalue weighted by Crippen LogP contribution is 2.38. The number of fused-ring (bicyclic) bond motifs is 1. The summed E-state index contributed by atoms with van der Waals surface area (Å²) in [5.74, 6) is 0.322. The zero-order valence-electron chi connectivity index (χ0n) is 16.0. The topological polar surface area (TPSA) is 80.9 Å². The Labute approximate surface area is 177 Å². The summed E-state index contributed by atoms with van der Waals surface area (Å²) < 4.78 is 0. The molecule has 0 aliphatic carbocycles. The van der Waals surface area contributed by atoms with E-state index >= 15 is 0 Å². The van der Waals surface area contributed by atoms with Gasteiger partial charge in [-0.3, -0.25) is 4.79 Å². The van der Waals surface area contributed by atoms with Crippen LogP contribution in [0.3, 0.4) is 0 Å². The van der Waals surface area contributed by atoms with E-state index in [2.05, 4.69) is 15.3 Å². The molecule has 4 aromatic rings. The van der Waals surface area contributed by atoms with Crippen molar-refractivity contribution in [1.82, 2.24) is 9.97 Å². The summed E-state index contributed by atoms with van der Waals surface area (Å²) in [4.78, 5) is 24.3. The number of carbonyl (C=O) groups excluding carboxylic acids is 1. The van der Waals surface area contributed by atoms with Crippen LogP contribution in [0.15, 0.2) is 65.8 Å². The fraction of sp³-hybridized carbons (Fsp3) is 0.136. The summed E-state index contributed by atoms with van der Waals surface area (Å²) in [6.45, 7) is 4.08. The third kappa shape index (κ3) is 4.11. The standard InChI is InChI=1S/C22H20N4OS2/c1-13-14(2)28-21-17(13)19(23)25-22(26-21)29-18(15-9-5-3-6-10-15)20(27)24-16-11-7-4-8-12-16/h3-12,18H,1-2H3,(H,24,27)(H2,23,25,26)/t18-/m0/s1. The molecular formula is C22H20N4OS2. The van der Waals surface area contributed by atoms with Crippen molar-refractivity contribution in [3.8, 4) is 0 Å². The molecule has 0 aliphatic heterocycles. The van der Waals surface area contributed by atoms with E-state index < -0.39 is 5.25 Å². The van der Waals surface area contributed by atoms with E-state index in [-0.39, 0.29) is 5.91 Å². The zero-order valence-corrected chi connectivity index (χ0v) is 17.7. The fourth-order valence-electron chi connectivity index (χ4n) is 3.05. The van der Waals surface area contributed by atoms with Crippen LogP contribution in [-0.4, -0.2) is 15.9 Å². The lowest BCUT2D eigenvalue weighted by Crippen LogP contribution is -2.19. The number of nitrogens with one attached hydrogen (secondary N) is 1. The number of para-hydroxylation sites is 1. The van der Waals surface area contributed by atoms with Crippen molar-refractivity contribution in [1.29, 1.82) is 0 Å². The van der Waals surface area contributed by atoms with Gasteiger partial charge in [-0.25, -0.2) is 9.97 Å². The number of aromatic nitrogens is 2. The molecule has 0 unspecified atom stereocenters. The van der Waals surface area contributed by atoms with Crippen molar-refractivity contribution >= 4 is 50.7 Å². The molecule has 1 amide bonds. The van der Waals surface area contributed by atoms with Crippen LogP contribution in [-0.2, 0) is 4.79 Å². The molecule has 2 heterocycles. The second-order valence-electron chi connectivity index (χ2n) is 6.62. The van der Waals surface area contributed by atoms with Crippen LogP contribution in [0.4, 0.5) is 11.5 Å². The molecule has 0 saturated heterocycles. The Balaban J connectivity index is 1.69. The van der Waals surface area contributed by atoms with Crippen LogP contribution in [0.2, 0.25) is 0 Å². The maximum absolute atomic E-state index is 13.1. The molecule has 29 heavy (non-hydrogen) atoms. The van der Waals surface area contributed by atoms with Gasteiger partial charge in [0.05, 0.1) is 5.39 Å². The molecule has 4 rings (SSSR count). The summed E-state index contributed by atoms with van der Waals surface area (Å²) in [5, 5.41) is 3.88. The molecule has 0 bridgehead atoms. The van der Waals surface area contributed by atoms with Gasteiger partial charge in [0.2, 0.25) is 5.91 Å². The first-order valence-electron chi connectivity index (χ1n) is 9.13. The number of thiophene rings is 1.